The zero-order valence-corrected chi connectivity index (χ0v) is 14.0. The van der Waals surface area contributed by atoms with Gasteiger partial charge in [-0.05, 0) is 24.3 Å². The van der Waals surface area contributed by atoms with Crippen molar-refractivity contribution < 1.29 is 14.0 Å². The molecule has 2 aromatic rings. The van der Waals surface area contributed by atoms with E-state index in [4.69, 9.17) is 0 Å². The molecular formula is C16H17FN4O2S. The Labute approximate surface area is 142 Å². The van der Waals surface area contributed by atoms with E-state index in [1.165, 1.54) is 42.5 Å². The van der Waals surface area contributed by atoms with Crippen molar-refractivity contribution >= 4 is 34.0 Å². The maximum atomic E-state index is 12.9. The third-order valence-electron chi connectivity index (χ3n) is 3.59. The second-order valence-electron chi connectivity index (χ2n) is 5.59. The van der Waals surface area contributed by atoms with Gasteiger partial charge in [-0.25, -0.2) is 9.37 Å². The lowest BCUT2D eigenvalue weighted by atomic mass is 10.2. The van der Waals surface area contributed by atoms with E-state index in [0.29, 0.717) is 17.4 Å². The topological polar surface area (TPSA) is 74.3 Å². The van der Waals surface area contributed by atoms with Crippen molar-refractivity contribution in [2.75, 3.05) is 23.7 Å². The number of benzene rings is 1. The second-order valence-corrected chi connectivity index (χ2v) is 6.67. The summed E-state index contributed by atoms with van der Waals surface area (Å²) >= 11 is 1.44. The molecule has 0 unspecified atom stereocenters. The second kappa shape index (κ2) is 7.06. The first kappa shape index (κ1) is 16.5. The van der Waals surface area contributed by atoms with Crippen LogP contribution in [0.25, 0.3) is 0 Å². The molecule has 0 spiro atoms. The average molecular weight is 348 g/mol. The van der Waals surface area contributed by atoms with Crippen molar-refractivity contribution in [2.24, 2.45) is 0 Å². The number of rotatable bonds is 4. The van der Waals surface area contributed by atoms with E-state index in [0.717, 1.165) is 23.5 Å². The predicted octanol–water partition coefficient (Wildman–Crippen LogP) is 2.24. The number of aromatic nitrogens is 1. The lowest BCUT2D eigenvalue weighted by Crippen LogP contribution is -2.36. The summed E-state index contributed by atoms with van der Waals surface area (Å²) < 4.78 is 12.9. The van der Waals surface area contributed by atoms with Gasteiger partial charge in [0.1, 0.15) is 5.82 Å². The zero-order chi connectivity index (χ0) is 17.1. The summed E-state index contributed by atoms with van der Waals surface area (Å²) in [5, 5.41) is 6.05. The zero-order valence-electron chi connectivity index (χ0n) is 13.1. The smallest absolute Gasteiger partial charge is 0.238 e. The minimum absolute atomic E-state index is 0.142. The normalized spacial score (nSPS) is 14.1. The lowest BCUT2D eigenvalue weighted by Gasteiger charge is -2.25. The number of hydrogen-bond donors (Lipinski definition) is 2. The number of nitrogens with zero attached hydrogens (tertiary/aromatic N) is 2. The highest BCUT2D eigenvalue weighted by Crippen LogP contribution is 2.28. The van der Waals surface area contributed by atoms with Gasteiger partial charge in [0.2, 0.25) is 11.8 Å². The van der Waals surface area contributed by atoms with Crippen LogP contribution >= 0.6 is 11.3 Å². The molecule has 1 aliphatic heterocycles. The molecule has 0 atom stereocenters. The van der Waals surface area contributed by atoms with E-state index >= 15 is 0 Å². The van der Waals surface area contributed by atoms with Crippen LogP contribution in [0, 0.1) is 5.82 Å². The first-order valence-corrected chi connectivity index (χ1v) is 8.35. The molecule has 6 nitrogen and oxygen atoms in total. The van der Waals surface area contributed by atoms with E-state index in [1.54, 1.807) is 0 Å². The molecule has 24 heavy (non-hydrogen) atoms. The van der Waals surface area contributed by atoms with E-state index in [2.05, 4.69) is 15.6 Å². The Bertz CT molecular complexity index is 760. The highest BCUT2D eigenvalue weighted by Gasteiger charge is 2.22. The van der Waals surface area contributed by atoms with Crippen LogP contribution in [0.15, 0.2) is 24.3 Å². The van der Waals surface area contributed by atoms with Gasteiger partial charge in [-0.15, -0.1) is 11.3 Å². The largest absolute Gasteiger partial charge is 0.325 e. The molecule has 0 saturated heterocycles. The van der Waals surface area contributed by atoms with Gasteiger partial charge < -0.3 is 10.6 Å². The Balaban J connectivity index is 1.57. The fourth-order valence-electron chi connectivity index (χ4n) is 2.52. The molecule has 8 heteroatoms. The standard InChI is InChI=1S/C16H17FN4O2S/c1-10(22)18-16-20-13-6-7-21(8-14(13)24-16)9-15(23)19-12-4-2-11(17)3-5-12/h2-5H,6-9H2,1H3,(H,19,23)(H,18,20,22). The van der Waals surface area contributed by atoms with Crippen molar-refractivity contribution in [3.8, 4) is 0 Å². The SMILES string of the molecule is CC(=O)Nc1nc2c(s1)CN(CC(=O)Nc1ccc(F)cc1)CC2. The van der Waals surface area contributed by atoms with Crippen molar-refractivity contribution in [1.82, 2.24) is 9.88 Å². The number of nitrogens with one attached hydrogen (secondary N) is 2. The highest BCUT2D eigenvalue weighted by atomic mass is 32.1. The maximum Gasteiger partial charge on any atom is 0.238 e. The van der Waals surface area contributed by atoms with E-state index in [-0.39, 0.29) is 24.2 Å². The predicted molar refractivity (Wildman–Crippen MR) is 90.4 cm³/mol. The van der Waals surface area contributed by atoms with Gasteiger partial charge in [-0.2, -0.15) is 0 Å². The molecule has 2 heterocycles. The minimum Gasteiger partial charge on any atom is -0.325 e. The summed E-state index contributed by atoms with van der Waals surface area (Å²) in [5.74, 6) is -0.620. The van der Waals surface area contributed by atoms with E-state index < -0.39 is 0 Å². The first-order chi connectivity index (χ1) is 11.5. The van der Waals surface area contributed by atoms with Crippen LogP contribution in [0.3, 0.4) is 0 Å². The third-order valence-corrected chi connectivity index (χ3v) is 4.59. The van der Waals surface area contributed by atoms with Gasteiger partial charge in [-0.3, -0.25) is 14.5 Å². The molecule has 1 aromatic heterocycles. The lowest BCUT2D eigenvalue weighted by molar-refractivity contribution is -0.117. The third kappa shape index (κ3) is 4.15. The Hall–Kier alpha value is -2.32. The molecule has 0 aliphatic carbocycles. The van der Waals surface area contributed by atoms with Crippen molar-refractivity contribution in [2.45, 2.75) is 19.9 Å². The maximum absolute atomic E-state index is 12.9. The quantitative estimate of drug-likeness (QED) is 0.889. The van der Waals surface area contributed by atoms with Crippen LogP contribution in [-0.2, 0) is 22.6 Å². The van der Waals surface area contributed by atoms with Gasteiger partial charge in [0.15, 0.2) is 5.13 Å². The van der Waals surface area contributed by atoms with Crippen LogP contribution < -0.4 is 10.6 Å². The number of carbonyl (C=O) groups is 2. The Kier molecular flexibility index (Phi) is 4.86. The monoisotopic (exact) mass is 348 g/mol. The minimum atomic E-state index is -0.336. The van der Waals surface area contributed by atoms with Gasteiger partial charge in [0.05, 0.1) is 12.2 Å². The van der Waals surface area contributed by atoms with Crippen molar-refractivity contribution in [3.05, 3.63) is 40.7 Å². The molecule has 2 amide bonds. The fraction of sp³-hybridized carbons (Fsp3) is 0.312. The molecule has 1 aliphatic rings. The Morgan fingerprint density at radius 2 is 2.04 bits per heavy atom. The summed E-state index contributed by atoms with van der Waals surface area (Å²) in [7, 11) is 0. The number of fused-ring (bicyclic) bond motifs is 1. The van der Waals surface area contributed by atoms with Gasteiger partial charge in [0, 0.05) is 37.0 Å². The van der Waals surface area contributed by atoms with Crippen molar-refractivity contribution in [1.29, 1.82) is 0 Å². The first-order valence-electron chi connectivity index (χ1n) is 7.53. The molecule has 0 saturated carbocycles. The number of halogens is 1. The number of thiazole rings is 1. The molecular weight excluding hydrogens is 331 g/mol. The van der Waals surface area contributed by atoms with Gasteiger partial charge >= 0.3 is 0 Å². The Morgan fingerprint density at radius 1 is 1.29 bits per heavy atom. The molecule has 0 bridgehead atoms. The van der Waals surface area contributed by atoms with Crippen LogP contribution in [0.5, 0.6) is 0 Å². The highest BCUT2D eigenvalue weighted by molar-refractivity contribution is 7.15. The average Bonchev–Trinajstić information content (AvgIpc) is 2.90. The molecule has 3 rings (SSSR count). The van der Waals surface area contributed by atoms with Crippen LogP contribution in [0.2, 0.25) is 0 Å². The number of anilines is 2. The van der Waals surface area contributed by atoms with Crippen molar-refractivity contribution in [3.63, 3.8) is 0 Å². The van der Waals surface area contributed by atoms with E-state index in [9.17, 15) is 14.0 Å². The number of amides is 2. The van der Waals surface area contributed by atoms with Crippen LogP contribution in [0.1, 0.15) is 17.5 Å². The summed E-state index contributed by atoms with van der Waals surface area (Å²) in [6, 6.07) is 5.68. The fourth-order valence-corrected chi connectivity index (χ4v) is 3.62. The van der Waals surface area contributed by atoms with Gasteiger partial charge in [-0.1, -0.05) is 0 Å². The molecule has 0 fully saturated rings. The Morgan fingerprint density at radius 3 is 2.75 bits per heavy atom. The van der Waals surface area contributed by atoms with Crippen LogP contribution in [0.4, 0.5) is 15.2 Å². The summed E-state index contributed by atoms with van der Waals surface area (Å²) in [6.45, 7) is 3.06. The molecule has 1 aromatic carbocycles. The summed E-state index contributed by atoms with van der Waals surface area (Å²) in [5.41, 5.74) is 1.56. The number of hydrogen-bond acceptors (Lipinski definition) is 5. The van der Waals surface area contributed by atoms with Crippen LogP contribution in [-0.4, -0.2) is 34.8 Å². The molecule has 126 valence electrons. The molecule has 0 radical (unpaired) electrons. The summed E-state index contributed by atoms with van der Waals surface area (Å²) in [6.07, 6.45) is 0.745. The molecule has 2 N–H and O–H groups in total. The summed E-state index contributed by atoms with van der Waals surface area (Å²) in [4.78, 5) is 30.7. The van der Waals surface area contributed by atoms with Gasteiger partial charge in [0.25, 0.3) is 0 Å². The number of carbonyl (C=O) groups excluding carboxylic acids is 2. The van der Waals surface area contributed by atoms with E-state index in [1.807, 2.05) is 4.90 Å².